The molecule has 1 amide bonds. The molecule has 0 bridgehead atoms. The van der Waals surface area contributed by atoms with E-state index >= 15 is 0 Å². The third-order valence-corrected chi connectivity index (χ3v) is 4.36. The summed E-state index contributed by atoms with van der Waals surface area (Å²) in [5.74, 6) is 1.67. The van der Waals surface area contributed by atoms with Gasteiger partial charge in [-0.3, -0.25) is 4.79 Å². The molecule has 1 aliphatic carbocycles. The van der Waals surface area contributed by atoms with Crippen molar-refractivity contribution in [1.29, 1.82) is 0 Å². The van der Waals surface area contributed by atoms with Crippen LogP contribution in [0.15, 0.2) is 47.1 Å². The van der Waals surface area contributed by atoms with Crippen LogP contribution in [0.25, 0.3) is 0 Å². The number of para-hydroxylation sites is 1. The summed E-state index contributed by atoms with van der Waals surface area (Å²) in [5.41, 5.74) is 0.773. The number of hydrogen-bond donors (Lipinski definition) is 1. The van der Waals surface area contributed by atoms with Gasteiger partial charge in [-0.2, -0.15) is 0 Å². The molecule has 1 aromatic heterocycles. The summed E-state index contributed by atoms with van der Waals surface area (Å²) < 4.78 is 11.1. The van der Waals surface area contributed by atoms with Crippen molar-refractivity contribution in [3.05, 3.63) is 54.0 Å². The molecule has 23 heavy (non-hydrogen) atoms. The molecule has 1 N–H and O–H groups in total. The molecule has 0 radical (unpaired) electrons. The van der Waals surface area contributed by atoms with Gasteiger partial charge in [-0.15, -0.1) is 0 Å². The maximum absolute atomic E-state index is 12.5. The fourth-order valence-electron chi connectivity index (χ4n) is 3.14. The number of furan rings is 1. The van der Waals surface area contributed by atoms with Crippen molar-refractivity contribution < 1.29 is 13.9 Å². The lowest BCUT2D eigenvalue weighted by Gasteiger charge is -2.27. The van der Waals surface area contributed by atoms with E-state index in [1.807, 2.05) is 30.3 Å². The Morgan fingerprint density at radius 2 is 2.09 bits per heavy atom. The fourth-order valence-corrected chi connectivity index (χ4v) is 3.14. The standard InChI is InChI=1S/C19H23NO3/c1-14-6-5-7-16(12-14)20-19(21)18-15(10-11-22-18)13-23-17-8-3-2-4-9-17/h2-4,8-11,14,16H,5-7,12-13H2,1H3,(H,20,21). The molecular formula is C19H23NO3. The maximum Gasteiger partial charge on any atom is 0.287 e. The van der Waals surface area contributed by atoms with Crippen molar-refractivity contribution in [2.75, 3.05) is 0 Å². The number of amides is 1. The topological polar surface area (TPSA) is 51.5 Å². The molecule has 4 heteroatoms. The number of nitrogens with one attached hydrogen (secondary N) is 1. The van der Waals surface area contributed by atoms with Gasteiger partial charge in [0.05, 0.1) is 6.26 Å². The highest BCUT2D eigenvalue weighted by atomic mass is 16.5. The van der Waals surface area contributed by atoms with Crippen LogP contribution in [0, 0.1) is 5.92 Å². The molecular weight excluding hydrogens is 290 g/mol. The van der Waals surface area contributed by atoms with Crippen LogP contribution in [0.3, 0.4) is 0 Å². The maximum atomic E-state index is 12.5. The van der Waals surface area contributed by atoms with Gasteiger partial charge in [0.1, 0.15) is 12.4 Å². The Morgan fingerprint density at radius 1 is 1.26 bits per heavy atom. The third kappa shape index (κ3) is 4.15. The Bertz CT molecular complexity index is 635. The lowest BCUT2D eigenvalue weighted by atomic mass is 9.87. The zero-order chi connectivity index (χ0) is 16.1. The van der Waals surface area contributed by atoms with Crippen molar-refractivity contribution in [1.82, 2.24) is 5.32 Å². The van der Waals surface area contributed by atoms with Gasteiger partial charge < -0.3 is 14.5 Å². The zero-order valence-electron chi connectivity index (χ0n) is 13.5. The number of hydrogen-bond acceptors (Lipinski definition) is 3. The van der Waals surface area contributed by atoms with E-state index in [2.05, 4.69) is 12.2 Å². The second-order valence-electron chi connectivity index (χ2n) is 6.32. The second kappa shape index (κ2) is 7.36. The van der Waals surface area contributed by atoms with Gasteiger partial charge in [0.15, 0.2) is 5.76 Å². The van der Waals surface area contributed by atoms with E-state index in [0.717, 1.165) is 24.2 Å². The molecule has 0 aliphatic heterocycles. The van der Waals surface area contributed by atoms with E-state index in [1.54, 1.807) is 12.3 Å². The predicted octanol–water partition coefficient (Wildman–Crippen LogP) is 4.17. The monoisotopic (exact) mass is 313 g/mol. The Balaban J connectivity index is 1.59. The lowest BCUT2D eigenvalue weighted by molar-refractivity contribution is 0.0889. The molecule has 2 unspecified atom stereocenters. The van der Waals surface area contributed by atoms with E-state index in [9.17, 15) is 4.79 Å². The largest absolute Gasteiger partial charge is 0.489 e. The van der Waals surface area contributed by atoms with Gasteiger partial charge >= 0.3 is 0 Å². The predicted molar refractivity (Wildman–Crippen MR) is 88.4 cm³/mol. The van der Waals surface area contributed by atoms with E-state index in [0.29, 0.717) is 18.3 Å². The van der Waals surface area contributed by atoms with Crippen LogP contribution < -0.4 is 10.1 Å². The summed E-state index contributed by atoms with van der Waals surface area (Å²) in [4.78, 5) is 12.5. The molecule has 1 heterocycles. The van der Waals surface area contributed by atoms with Gasteiger partial charge in [-0.1, -0.05) is 38.0 Å². The second-order valence-corrected chi connectivity index (χ2v) is 6.32. The van der Waals surface area contributed by atoms with Crippen molar-refractivity contribution in [2.24, 2.45) is 5.92 Å². The minimum Gasteiger partial charge on any atom is -0.489 e. The Labute approximate surface area is 136 Å². The van der Waals surface area contributed by atoms with Gasteiger partial charge in [0, 0.05) is 11.6 Å². The average molecular weight is 313 g/mol. The molecule has 122 valence electrons. The Morgan fingerprint density at radius 3 is 2.87 bits per heavy atom. The molecule has 1 saturated carbocycles. The molecule has 2 aromatic rings. The summed E-state index contributed by atoms with van der Waals surface area (Å²) in [6, 6.07) is 11.6. The number of carbonyl (C=O) groups is 1. The molecule has 3 rings (SSSR count). The van der Waals surface area contributed by atoms with Crippen molar-refractivity contribution in [2.45, 2.75) is 45.3 Å². The van der Waals surface area contributed by atoms with Gasteiger partial charge in [-0.25, -0.2) is 0 Å². The SMILES string of the molecule is CC1CCCC(NC(=O)c2occc2COc2ccccc2)C1. The molecule has 4 nitrogen and oxygen atoms in total. The van der Waals surface area contributed by atoms with Crippen LogP contribution in [-0.2, 0) is 6.61 Å². The zero-order valence-corrected chi connectivity index (χ0v) is 13.5. The van der Waals surface area contributed by atoms with E-state index in [-0.39, 0.29) is 11.9 Å². The summed E-state index contributed by atoms with van der Waals surface area (Å²) in [5, 5.41) is 3.10. The molecule has 0 spiro atoms. The highest BCUT2D eigenvalue weighted by Gasteiger charge is 2.23. The smallest absolute Gasteiger partial charge is 0.287 e. The van der Waals surface area contributed by atoms with Crippen molar-refractivity contribution >= 4 is 5.91 Å². The van der Waals surface area contributed by atoms with Gasteiger partial charge in [0.2, 0.25) is 0 Å². The number of carbonyl (C=O) groups excluding carboxylic acids is 1. The first kappa shape index (κ1) is 15.7. The highest BCUT2D eigenvalue weighted by Crippen LogP contribution is 2.24. The quantitative estimate of drug-likeness (QED) is 0.901. The number of benzene rings is 1. The van der Waals surface area contributed by atoms with E-state index < -0.39 is 0 Å². The molecule has 1 aliphatic rings. The molecule has 1 aromatic carbocycles. The average Bonchev–Trinajstić information content (AvgIpc) is 3.02. The minimum atomic E-state index is -0.138. The van der Waals surface area contributed by atoms with E-state index in [4.69, 9.17) is 9.15 Å². The molecule has 0 saturated heterocycles. The van der Waals surface area contributed by atoms with Crippen LogP contribution in [0.5, 0.6) is 5.75 Å². The summed E-state index contributed by atoms with van der Waals surface area (Å²) in [6.07, 6.45) is 6.06. The number of rotatable bonds is 5. The van der Waals surface area contributed by atoms with Gasteiger partial charge in [-0.05, 0) is 37.0 Å². The minimum absolute atomic E-state index is 0.138. The van der Waals surface area contributed by atoms with Crippen molar-refractivity contribution in [3.63, 3.8) is 0 Å². The van der Waals surface area contributed by atoms with Crippen LogP contribution in [0.1, 0.15) is 48.7 Å². The normalized spacial score (nSPS) is 20.9. The fraction of sp³-hybridized carbons (Fsp3) is 0.421. The summed E-state index contributed by atoms with van der Waals surface area (Å²) in [6.45, 7) is 2.56. The Hall–Kier alpha value is -2.23. The molecule has 1 fully saturated rings. The highest BCUT2D eigenvalue weighted by molar-refractivity contribution is 5.93. The first-order valence-electron chi connectivity index (χ1n) is 8.27. The molecule has 2 atom stereocenters. The van der Waals surface area contributed by atoms with Gasteiger partial charge in [0.25, 0.3) is 5.91 Å². The van der Waals surface area contributed by atoms with Crippen LogP contribution >= 0.6 is 0 Å². The Kier molecular flexibility index (Phi) is 5.01. The summed E-state index contributed by atoms with van der Waals surface area (Å²) in [7, 11) is 0. The van der Waals surface area contributed by atoms with Crippen molar-refractivity contribution in [3.8, 4) is 5.75 Å². The van der Waals surface area contributed by atoms with E-state index in [1.165, 1.54) is 12.8 Å². The first-order chi connectivity index (χ1) is 11.2. The number of ether oxygens (including phenoxy) is 1. The summed E-state index contributed by atoms with van der Waals surface area (Å²) >= 11 is 0. The van der Waals surface area contributed by atoms with Crippen LogP contribution in [0.4, 0.5) is 0 Å². The van der Waals surface area contributed by atoms with Crippen LogP contribution in [0.2, 0.25) is 0 Å². The lowest BCUT2D eigenvalue weighted by Crippen LogP contribution is -2.38. The third-order valence-electron chi connectivity index (χ3n) is 4.36. The first-order valence-corrected chi connectivity index (χ1v) is 8.27. The van der Waals surface area contributed by atoms with Crippen LogP contribution in [-0.4, -0.2) is 11.9 Å².